The summed E-state index contributed by atoms with van der Waals surface area (Å²) in [6.45, 7) is 3.53. The number of hydrogen-bond acceptors (Lipinski definition) is 7. The van der Waals surface area contributed by atoms with Crippen LogP contribution in [0.25, 0.3) is 32.9 Å². The molecule has 2 unspecified atom stereocenters. The number of hydrogen-bond donors (Lipinski definition) is 1. The first-order valence-electron chi connectivity index (χ1n) is 12.9. The summed E-state index contributed by atoms with van der Waals surface area (Å²) in [5, 5.41) is 11.3. The van der Waals surface area contributed by atoms with E-state index in [1.165, 1.54) is 38.2 Å². The van der Waals surface area contributed by atoms with E-state index in [1.807, 2.05) is 0 Å². The van der Waals surface area contributed by atoms with Crippen molar-refractivity contribution in [1.29, 1.82) is 0 Å². The Bertz CT molecular complexity index is 1500. The molecule has 10 heteroatoms. The standard InChI is InChI=1S/C21H16F2N4O2.C7H12FN/c1-29-21-24-10-14-17(26-21)9-16(25-20(14)27-5-2-6-27)13-8-12(28)7-11-3-4-15(22)19(23)18(11)13;8-6-4-7-2-1-3-9(7)5-6/h3-4,7-10,28H,2,5-6H2,1H3;6-7H,1-5H2. The highest BCUT2D eigenvalue weighted by molar-refractivity contribution is 6.00. The Labute approximate surface area is 217 Å². The normalized spacial score (nSPS) is 20.8. The Morgan fingerprint density at radius 2 is 1.89 bits per heavy atom. The Hall–Kier alpha value is -3.66. The molecule has 7 rings (SSSR count). The highest BCUT2D eigenvalue weighted by Crippen LogP contribution is 2.38. The molecule has 38 heavy (non-hydrogen) atoms. The van der Waals surface area contributed by atoms with Gasteiger partial charge in [0.25, 0.3) is 0 Å². The second-order valence-electron chi connectivity index (χ2n) is 10.0. The van der Waals surface area contributed by atoms with Gasteiger partial charge in [-0.05, 0) is 61.9 Å². The van der Waals surface area contributed by atoms with Crippen LogP contribution in [0.2, 0.25) is 0 Å². The van der Waals surface area contributed by atoms with E-state index in [1.54, 1.807) is 12.3 Å². The summed E-state index contributed by atoms with van der Waals surface area (Å²) >= 11 is 0. The lowest BCUT2D eigenvalue weighted by atomic mass is 9.99. The van der Waals surface area contributed by atoms with Gasteiger partial charge >= 0.3 is 6.01 Å². The van der Waals surface area contributed by atoms with E-state index in [2.05, 4.69) is 19.8 Å². The summed E-state index contributed by atoms with van der Waals surface area (Å²) in [4.78, 5) is 17.6. The largest absolute Gasteiger partial charge is 0.508 e. The Morgan fingerprint density at radius 1 is 1.05 bits per heavy atom. The van der Waals surface area contributed by atoms with Crippen LogP contribution in [-0.2, 0) is 0 Å². The molecule has 7 nitrogen and oxygen atoms in total. The molecule has 2 aromatic carbocycles. The van der Waals surface area contributed by atoms with E-state index < -0.39 is 17.8 Å². The van der Waals surface area contributed by atoms with Crippen molar-refractivity contribution in [3.8, 4) is 23.0 Å². The molecular weight excluding hydrogens is 495 g/mol. The lowest BCUT2D eigenvalue weighted by Gasteiger charge is -2.33. The van der Waals surface area contributed by atoms with Crippen LogP contribution < -0.4 is 9.64 Å². The number of ether oxygens (including phenoxy) is 1. The van der Waals surface area contributed by atoms with E-state index >= 15 is 0 Å². The number of nitrogens with zero attached hydrogens (tertiary/aromatic N) is 5. The van der Waals surface area contributed by atoms with Crippen LogP contribution in [0.5, 0.6) is 11.8 Å². The zero-order chi connectivity index (χ0) is 26.4. The number of halogens is 3. The van der Waals surface area contributed by atoms with Crippen LogP contribution in [0, 0.1) is 11.6 Å². The number of anilines is 1. The lowest BCUT2D eigenvalue weighted by Crippen LogP contribution is -2.37. The Kier molecular flexibility index (Phi) is 6.43. The van der Waals surface area contributed by atoms with Crippen molar-refractivity contribution in [3.63, 3.8) is 0 Å². The van der Waals surface area contributed by atoms with Crippen molar-refractivity contribution < 1.29 is 23.0 Å². The molecule has 5 heterocycles. The van der Waals surface area contributed by atoms with Crippen molar-refractivity contribution in [2.45, 2.75) is 37.9 Å². The van der Waals surface area contributed by atoms with Gasteiger partial charge in [0.15, 0.2) is 11.6 Å². The van der Waals surface area contributed by atoms with Gasteiger partial charge in [-0.15, -0.1) is 0 Å². The molecule has 198 valence electrons. The second-order valence-corrected chi connectivity index (χ2v) is 10.0. The third-order valence-corrected chi connectivity index (χ3v) is 7.60. The predicted octanol–water partition coefficient (Wildman–Crippen LogP) is 5.24. The highest BCUT2D eigenvalue weighted by atomic mass is 19.2. The van der Waals surface area contributed by atoms with Crippen molar-refractivity contribution in [3.05, 3.63) is 48.2 Å². The number of rotatable bonds is 3. The predicted molar refractivity (Wildman–Crippen MR) is 139 cm³/mol. The molecule has 4 aromatic rings. The fraction of sp³-hybridized carbons (Fsp3) is 0.393. The molecule has 2 aromatic heterocycles. The van der Waals surface area contributed by atoms with Crippen molar-refractivity contribution >= 4 is 27.5 Å². The maximum atomic E-state index is 14.7. The zero-order valence-electron chi connectivity index (χ0n) is 21.0. The first kappa shape index (κ1) is 24.7. The number of fused-ring (bicyclic) bond motifs is 3. The number of methoxy groups -OCH3 is 1. The molecule has 1 N–H and O–H groups in total. The van der Waals surface area contributed by atoms with Crippen LogP contribution in [0.3, 0.4) is 0 Å². The van der Waals surface area contributed by atoms with Gasteiger partial charge in [-0.1, -0.05) is 6.07 Å². The van der Waals surface area contributed by atoms with Crippen molar-refractivity contribution in [2.75, 3.05) is 38.2 Å². The summed E-state index contributed by atoms with van der Waals surface area (Å²) in [6.07, 6.45) is 5.50. The number of pyridine rings is 1. The first-order chi connectivity index (χ1) is 18.4. The molecule has 2 atom stereocenters. The number of phenols is 1. The molecule has 0 saturated carbocycles. The lowest BCUT2D eigenvalue weighted by molar-refractivity contribution is 0.292. The fourth-order valence-corrected chi connectivity index (χ4v) is 5.61. The smallest absolute Gasteiger partial charge is 0.316 e. The fourth-order valence-electron chi connectivity index (χ4n) is 5.61. The molecule has 0 aliphatic carbocycles. The number of phenolic OH excluding ortho intramolecular Hbond substituents is 1. The first-order valence-corrected chi connectivity index (χ1v) is 12.9. The van der Waals surface area contributed by atoms with Gasteiger partial charge in [0.1, 0.15) is 17.7 Å². The summed E-state index contributed by atoms with van der Waals surface area (Å²) in [5.74, 6) is -1.34. The Balaban J connectivity index is 0.000000246. The van der Waals surface area contributed by atoms with E-state index in [9.17, 15) is 18.3 Å². The molecule has 3 fully saturated rings. The van der Waals surface area contributed by atoms with E-state index in [0.717, 1.165) is 43.9 Å². The van der Waals surface area contributed by atoms with Crippen molar-refractivity contribution in [2.24, 2.45) is 0 Å². The molecule has 0 amide bonds. The second kappa shape index (κ2) is 9.90. The van der Waals surface area contributed by atoms with Gasteiger partial charge in [-0.25, -0.2) is 23.1 Å². The van der Waals surface area contributed by atoms with Crippen molar-refractivity contribution in [1.82, 2.24) is 19.9 Å². The summed E-state index contributed by atoms with van der Waals surface area (Å²) in [6, 6.07) is 7.72. The van der Waals surface area contributed by atoms with Gasteiger partial charge in [0, 0.05) is 42.8 Å². The van der Waals surface area contributed by atoms with Crippen LogP contribution >= 0.6 is 0 Å². The van der Waals surface area contributed by atoms with Crippen LogP contribution in [0.1, 0.15) is 25.7 Å². The maximum absolute atomic E-state index is 14.7. The number of aromatic hydroxyl groups is 1. The third kappa shape index (κ3) is 4.47. The minimum Gasteiger partial charge on any atom is -0.508 e. The number of benzene rings is 2. The van der Waals surface area contributed by atoms with Gasteiger partial charge in [0.05, 0.1) is 23.7 Å². The Morgan fingerprint density at radius 3 is 2.63 bits per heavy atom. The number of alkyl halides is 1. The van der Waals surface area contributed by atoms with E-state index in [4.69, 9.17) is 9.72 Å². The molecule has 3 aliphatic rings. The number of aromatic nitrogens is 3. The molecule has 0 spiro atoms. The van der Waals surface area contributed by atoms with Gasteiger partial charge in [0.2, 0.25) is 0 Å². The van der Waals surface area contributed by atoms with E-state index in [0.29, 0.717) is 40.6 Å². The maximum Gasteiger partial charge on any atom is 0.316 e. The van der Waals surface area contributed by atoms with Crippen LogP contribution in [0.15, 0.2) is 36.5 Å². The van der Waals surface area contributed by atoms with Crippen LogP contribution in [0.4, 0.5) is 19.0 Å². The quantitative estimate of drug-likeness (QED) is 0.394. The molecule has 3 saturated heterocycles. The highest BCUT2D eigenvalue weighted by Gasteiger charge is 2.34. The third-order valence-electron chi connectivity index (χ3n) is 7.60. The summed E-state index contributed by atoms with van der Waals surface area (Å²) in [7, 11) is 1.47. The van der Waals surface area contributed by atoms with Gasteiger partial charge in [-0.2, -0.15) is 4.98 Å². The van der Waals surface area contributed by atoms with Gasteiger partial charge < -0.3 is 14.7 Å². The minimum absolute atomic E-state index is 0.0604. The van der Waals surface area contributed by atoms with Crippen LogP contribution in [-0.4, -0.2) is 70.5 Å². The summed E-state index contributed by atoms with van der Waals surface area (Å²) in [5.41, 5.74) is 1.24. The zero-order valence-corrected chi connectivity index (χ0v) is 21.0. The average molecular weight is 524 g/mol. The van der Waals surface area contributed by atoms with E-state index in [-0.39, 0.29) is 17.1 Å². The monoisotopic (exact) mass is 523 g/mol. The molecule has 3 aliphatic heterocycles. The SMILES string of the molecule is COc1ncc2c(N3CCC3)nc(-c3cc(O)cc4ccc(F)c(F)c34)cc2n1.FC1CC2CCCN2C1. The molecule has 0 radical (unpaired) electrons. The summed E-state index contributed by atoms with van der Waals surface area (Å²) < 4.78 is 46.4. The minimum atomic E-state index is -0.981. The molecule has 0 bridgehead atoms. The topological polar surface area (TPSA) is 74.6 Å². The average Bonchev–Trinajstić information content (AvgIpc) is 3.45. The molecular formula is C28H28F3N5O2. The van der Waals surface area contributed by atoms with Gasteiger partial charge in [-0.3, -0.25) is 4.90 Å².